The van der Waals surface area contributed by atoms with Gasteiger partial charge in [0.1, 0.15) is 0 Å². The Hall–Kier alpha value is -1.10. The third kappa shape index (κ3) is 4.55. The first-order valence-electron chi connectivity index (χ1n) is 8.49. The van der Waals surface area contributed by atoms with E-state index in [0.29, 0.717) is 20.6 Å². The highest BCUT2D eigenvalue weighted by Gasteiger charge is 2.25. The van der Waals surface area contributed by atoms with Gasteiger partial charge in [-0.1, -0.05) is 55.1 Å². The highest BCUT2D eigenvalue weighted by atomic mass is 35.5. The van der Waals surface area contributed by atoms with Gasteiger partial charge in [0.05, 0.1) is 26.4 Å². The highest BCUT2D eigenvalue weighted by Crippen LogP contribution is 2.32. The molecule has 1 fully saturated rings. The lowest BCUT2D eigenvalue weighted by Crippen LogP contribution is -2.21. The monoisotopic (exact) mass is 397 g/mol. The molecule has 6 heteroatoms. The highest BCUT2D eigenvalue weighted by molar-refractivity contribution is 7.91. The molecule has 1 heterocycles. The van der Waals surface area contributed by atoms with E-state index in [1.165, 1.54) is 6.20 Å². The van der Waals surface area contributed by atoms with Crippen LogP contribution in [0.3, 0.4) is 0 Å². The largest absolute Gasteiger partial charge is 0.253 e. The number of hydrogen-bond acceptors (Lipinski definition) is 3. The summed E-state index contributed by atoms with van der Waals surface area (Å²) in [5.74, 6) is 1.22. The average molecular weight is 398 g/mol. The third-order valence-electron chi connectivity index (χ3n) is 4.89. The van der Waals surface area contributed by atoms with Gasteiger partial charge in [0.2, 0.25) is 0 Å². The Balaban J connectivity index is 1.77. The average Bonchev–Trinajstić information content (AvgIpc) is 2.57. The van der Waals surface area contributed by atoms with E-state index in [2.05, 4.69) is 11.9 Å². The van der Waals surface area contributed by atoms with Crippen molar-refractivity contribution in [3.8, 4) is 11.3 Å². The minimum Gasteiger partial charge on any atom is -0.253 e. The summed E-state index contributed by atoms with van der Waals surface area (Å²) in [6, 6.07) is 8.40. The van der Waals surface area contributed by atoms with E-state index < -0.39 is 9.84 Å². The smallest absolute Gasteiger partial charge is 0.178 e. The van der Waals surface area contributed by atoms with Crippen molar-refractivity contribution >= 4 is 33.0 Å². The summed E-state index contributed by atoms with van der Waals surface area (Å²) < 4.78 is 25.4. The first-order valence-corrected chi connectivity index (χ1v) is 10.9. The summed E-state index contributed by atoms with van der Waals surface area (Å²) in [5.41, 5.74) is 1.36. The zero-order chi connectivity index (χ0) is 18.0. The topological polar surface area (TPSA) is 47.0 Å². The molecule has 1 saturated carbocycles. The van der Waals surface area contributed by atoms with Crippen LogP contribution in [-0.4, -0.2) is 19.2 Å². The molecule has 2 aromatic rings. The maximum absolute atomic E-state index is 12.7. The summed E-state index contributed by atoms with van der Waals surface area (Å²) in [6.07, 6.45) is 5.78. The first kappa shape index (κ1) is 18.7. The molecule has 0 radical (unpaired) electrons. The number of aromatic nitrogens is 1. The van der Waals surface area contributed by atoms with E-state index in [-0.39, 0.29) is 11.7 Å². The molecule has 3 rings (SSSR count). The van der Waals surface area contributed by atoms with Gasteiger partial charge in [-0.25, -0.2) is 8.42 Å². The Kier molecular flexibility index (Phi) is 5.71. The van der Waals surface area contributed by atoms with Gasteiger partial charge in [0.15, 0.2) is 9.84 Å². The molecule has 1 aromatic heterocycles. The molecule has 1 aromatic carbocycles. The van der Waals surface area contributed by atoms with E-state index in [0.717, 1.165) is 37.2 Å². The number of benzene rings is 1. The molecule has 134 valence electrons. The van der Waals surface area contributed by atoms with Gasteiger partial charge >= 0.3 is 0 Å². The minimum atomic E-state index is -3.27. The number of rotatable bonds is 4. The van der Waals surface area contributed by atoms with E-state index in [9.17, 15) is 8.42 Å². The van der Waals surface area contributed by atoms with Gasteiger partial charge in [-0.3, -0.25) is 4.98 Å². The van der Waals surface area contributed by atoms with Crippen molar-refractivity contribution < 1.29 is 8.42 Å². The molecule has 0 saturated heterocycles. The molecule has 0 N–H and O–H groups in total. The summed E-state index contributed by atoms with van der Waals surface area (Å²) >= 11 is 12.0. The van der Waals surface area contributed by atoms with Crippen molar-refractivity contribution in [3.63, 3.8) is 0 Å². The third-order valence-corrected chi connectivity index (χ3v) is 7.28. The molecule has 0 unspecified atom stereocenters. The van der Waals surface area contributed by atoms with E-state index in [1.807, 2.05) is 0 Å². The lowest BCUT2D eigenvalue weighted by atomic mass is 9.84. The molecule has 0 aliphatic heterocycles. The molecular formula is C19H21Cl2NO2S. The maximum atomic E-state index is 12.7. The molecule has 0 amide bonds. The SMILES string of the molecule is CC1CCC(CS(=O)(=O)c2ccc(-c3ncc(Cl)cc3Cl)cc2)CC1. The second kappa shape index (κ2) is 7.65. The fourth-order valence-corrected chi connectivity index (χ4v) is 5.54. The van der Waals surface area contributed by atoms with Gasteiger partial charge in [-0.15, -0.1) is 0 Å². The van der Waals surface area contributed by atoms with Crippen LogP contribution in [0.2, 0.25) is 10.0 Å². The summed E-state index contributed by atoms with van der Waals surface area (Å²) in [4.78, 5) is 4.59. The van der Waals surface area contributed by atoms with Crippen molar-refractivity contribution in [1.29, 1.82) is 0 Å². The van der Waals surface area contributed by atoms with Gasteiger partial charge in [-0.2, -0.15) is 0 Å². The van der Waals surface area contributed by atoms with Crippen LogP contribution in [0.15, 0.2) is 41.4 Å². The van der Waals surface area contributed by atoms with Crippen LogP contribution in [0.1, 0.15) is 32.6 Å². The van der Waals surface area contributed by atoms with Crippen molar-refractivity contribution in [2.24, 2.45) is 11.8 Å². The fourth-order valence-electron chi connectivity index (χ4n) is 3.35. The first-order chi connectivity index (χ1) is 11.8. The van der Waals surface area contributed by atoms with Gasteiger partial charge < -0.3 is 0 Å². The molecule has 0 bridgehead atoms. The Labute approximate surface area is 159 Å². The number of pyridine rings is 1. The van der Waals surface area contributed by atoms with E-state index >= 15 is 0 Å². The lowest BCUT2D eigenvalue weighted by molar-refractivity contribution is 0.308. The molecule has 1 aliphatic rings. The van der Waals surface area contributed by atoms with Gasteiger partial charge in [0, 0.05) is 11.8 Å². The van der Waals surface area contributed by atoms with E-state index in [4.69, 9.17) is 23.2 Å². The fraction of sp³-hybridized carbons (Fsp3) is 0.421. The lowest BCUT2D eigenvalue weighted by Gasteiger charge is -2.25. The van der Waals surface area contributed by atoms with Gasteiger partial charge in [-0.05, 0) is 42.9 Å². The predicted molar refractivity (Wildman–Crippen MR) is 103 cm³/mol. The maximum Gasteiger partial charge on any atom is 0.178 e. The van der Waals surface area contributed by atoms with Crippen LogP contribution in [-0.2, 0) is 9.84 Å². The Bertz CT molecular complexity index is 842. The van der Waals surface area contributed by atoms with Crippen LogP contribution in [0.5, 0.6) is 0 Å². The van der Waals surface area contributed by atoms with Crippen molar-refractivity contribution in [3.05, 3.63) is 46.6 Å². The van der Waals surface area contributed by atoms with Crippen LogP contribution >= 0.6 is 23.2 Å². The molecular weight excluding hydrogens is 377 g/mol. The second-order valence-electron chi connectivity index (χ2n) is 6.92. The van der Waals surface area contributed by atoms with Crippen molar-refractivity contribution in [2.75, 3.05) is 5.75 Å². The Morgan fingerprint density at radius 3 is 2.32 bits per heavy atom. The molecule has 3 nitrogen and oxygen atoms in total. The van der Waals surface area contributed by atoms with Crippen LogP contribution in [0.25, 0.3) is 11.3 Å². The quantitative estimate of drug-likeness (QED) is 0.668. The molecule has 0 spiro atoms. The predicted octanol–water partition coefficient (Wildman–Crippen LogP) is 5.66. The summed E-state index contributed by atoms with van der Waals surface area (Å²) in [6.45, 7) is 2.24. The van der Waals surface area contributed by atoms with E-state index in [1.54, 1.807) is 30.3 Å². The van der Waals surface area contributed by atoms with Crippen molar-refractivity contribution in [1.82, 2.24) is 4.98 Å². The van der Waals surface area contributed by atoms with Crippen LogP contribution in [0, 0.1) is 11.8 Å². The minimum absolute atomic E-state index is 0.235. The number of nitrogens with zero attached hydrogens (tertiary/aromatic N) is 1. The standard InChI is InChI=1S/C19H21Cl2NO2S/c1-13-2-4-14(5-3-13)12-25(23,24)17-8-6-15(7-9-17)19-18(21)10-16(20)11-22-19/h6-11,13-14H,2-5,12H2,1H3. The number of sulfone groups is 1. The Morgan fingerprint density at radius 1 is 1.08 bits per heavy atom. The summed E-state index contributed by atoms with van der Waals surface area (Å²) in [7, 11) is -3.27. The van der Waals surface area contributed by atoms with Crippen LogP contribution < -0.4 is 0 Å². The Morgan fingerprint density at radius 2 is 1.72 bits per heavy atom. The number of hydrogen-bond donors (Lipinski definition) is 0. The normalized spacial score (nSPS) is 21.2. The van der Waals surface area contributed by atoms with Crippen LogP contribution in [0.4, 0.5) is 0 Å². The van der Waals surface area contributed by atoms with Crippen molar-refractivity contribution in [2.45, 2.75) is 37.5 Å². The second-order valence-corrected chi connectivity index (χ2v) is 9.79. The zero-order valence-electron chi connectivity index (χ0n) is 14.1. The molecule has 25 heavy (non-hydrogen) atoms. The number of halogens is 2. The summed E-state index contributed by atoms with van der Waals surface area (Å²) in [5, 5.41) is 0.911. The zero-order valence-corrected chi connectivity index (χ0v) is 16.4. The molecule has 0 atom stereocenters. The van der Waals surface area contributed by atoms with Gasteiger partial charge in [0.25, 0.3) is 0 Å². The molecule has 1 aliphatic carbocycles.